The summed E-state index contributed by atoms with van der Waals surface area (Å²) in [6.45, 7) is 0. The molecule has 70 valence electrons. The van der Waals surface area contributed by atoms with E-state index >= 15 is 0 Å². The van der Waals surface area contributed by atoms with Gasteiger partial charge in [-0.05, 0) is 12.8 Å². The number of carboxylic acids is 1. The van der Waals surface area contributed by atoms with Crippen LogP contribution in [0.4, 0.5) is 0 Å². The Morgan fingerprint density at radius 2 is 1.67 bits per heavy atom. The quantitative estimate of drug-likeness (QED) is 0.640. The molecule has 0 aromatic carbocycles. The fourth-order valence-electron chi connectivity index (χ4n) is 1.35. The van der Waals surface area contributed by atoms with Gasteiger partial charge in [0.2, 0.25) is 0 Å². The van der Waals surface area contributed by atoms with Gasteiger partial charge in [0.1, 0.15) is 0 Å². The van der Waals surface area contributed by atoms with Crippen molar-refractivity contribution in [3.63, 3.8) is 0 Å². The van der Waals surface area contributed by atoms with Gasteiger partial charge in [0, 0.05) is 0 Å². The smallest absolute Gasteiger partial charge is 0.306 e. The number of rotatable bonds is 1. The van der Waals surface area contributed by atoms with E-state index in [0.717, 1.165) is 0 Å². The Balaban J connectivity index is 2.59. The molecule has 0 radical (unpaired) electrons. The van der Waals surface area contributed by atoms with Gasteiger partial charge in [-0.2, -0.15) is 0 Å². The molecule has 1 saturated carbocycles. The summed E-state index contributed by atoms with van der Waals surface area (Å²) in [6, 6.07) is 0. The standard InChI is InChI=1S/C7H10Cl2O3/c8-4-1-3(7(11)12)2-5(9)6(4)10/h3-6,10H,1-2H2,(H,11,12)/t3?,4-,5+,6?. The minimum Gasteiger partial charge on any atom is -0.481 e. The number of hydrogen-bond acceptors (Lipinski definition) is 2. The molecule has 12 heavy (non-hydrogen) atoms. The lowest BCUT2D eigenvalue weighted by atomic mass is 9.87. The lowest BCUT2D eigenvalue weighted by Gasteiger charge is -2.31. The molecule has 0 aliphatic heterocycles. The maximum Gasteiger partial charge on any atom is 0.306 e. The highest BCUT2D eigenvalue weighted by Crippen LogP contribution is 2.31. The Hall–Kier alpha value is 0.01000. The van der Waals surface area contributed by atoms with E-state index in [1.54, 1.807) is 0 Å². The second-order valence-electron chi connectivity index (χ2n) is 3.03. The van der Waals surface area contributed by atoms with Gasteiger partial charge in [-0.1, -0.05) is 0 Å². The maximum absolute atomic E-state index is 10.6. The molecule has 4 atom stereocenters. The monoisotopic (exact) mass is 212 g/mol. The van der Waals surface area contributed by atoms with Gasteiger partial charge >= 0.3 is 5.97 Å². The largest absolute Gasteiger partial charge is 0.481 e. The molecular weight excluding hydrogens is 203 g/mol. The van der Waals surface area contributed by atoms with E-state index in [-0.39, 0.29) is 0 Å². The normalized spacial score (nSPS) is 42.6. The molecule has 5 heteroatoms. The van der Waals surface area contributed by atoms with Crippen LogP contribution in [0.2, 0.25) is 0 Å². The van der Waals surface area contributed by atoms with Gasteiger partial charge in [-0.25, -0.2) is 0 Å². The molecule has 0 heterocycles. The van der Waals surface area contributed by atoms with Crippen LogP contribution < -0.4 is 0 Å². The summed E-state index contributed by atoms with van der Waals surface area (Å²) in [4.78, 5) is 10.6. The third-order valence-corrected chi connectivity index (χ3v) is 2.98. The average Bonchev–Trinajstić information content (AvgIpc) is 1.99. The molecule has 1 aliphatic rings. The van der Waals surface area contributed by atoms with E-state index in [1.807, 2.05) is 0 Å². The molecule has 1 rings (SSSR count). The molecule has 1 aliphatic carbocycles. The summed E-state index contributed by atoms with van der Waals surface area (Å²) in [6.07, 6.45) is -0.202. The number of aliphatic carboxylic acids is 1. The molecule has 0 aromatic heterocycles. The van der Waals surface area contributed by atoms with Crippen LogP contribution in [0.5, 0.6) is 0 Å². The SMILES string of the molecule is O=C(O)C1C[C@@H](Cl)C(O)[C@@H](Cl)C1. The van der Waals surface area contributed by atoms with E-state index in [0.29, 0.717) is 12.8 Å². The van der Waals surface area contributed by atoms with Gasteiger partial charge < -0.3 is 10.2 Å². The second kappa shape index (κ2) is 3.81. The molecule has 0 aromatic rings. The first-order valence-corrected chi connectivity index (χ1v) is 4.58. The second-order valence-corrected chi connectivity index (χ2v) is 4.15. The van der Waals surface area contributed by atoms with Crippen molar-refractivity contribution in [2.45, 2.75) is 29.7 Å². The molecule has 1 fully saturated rings. The predicted octanol–water partition coefficient (Wildman–Crippen LogP) is 1.06. The summed E-state index contributed by atoms with van der Waals surface area (Å²) in [7, 11) is 0. The van der Waals surface area contributed by atoms with E-state index < -0.39 is 28.7 Å². The lowest BCUT2D eigenvalue weighted by molar-refractivity contribution is -0.143. The van der Waals surface area contributed by atoms with Gasteiger partial charge in [0.25, 0.3) is 0 Å². The van der Waals surface area contributed by atoms with Gasteiger partial charge in [-0.15, -0.1) is 23.2 Å². The number of halogens is 2. The van der Waals surface area contributed by atoms with Crippen LogP contribution in [0, 0.1) is 5.92 Å². The third kappa shape index (κ3) is 2.03. The average molecular weight is 213 g/mol. The summed E-state index contributed by atoms with van der Waals surface area (Å²) in [5, 5.41) is 16.9. The van der Waals surface area contributed by atoms with E-state index in [4.69, 9.17) is 28.3 Å². The Morgan fingerprint density at radius 3 is 2.00 bits per heavy atom. The molecule has 2 unspecified atom stereocenters. The molecule has 0 saturated heterocycles. The van der Waals surface area contributed by atoms with Crippen molar-refractivity contribution >= 4 is 29.2 Å². The number of carboxylic acid groups (broad SMARTS) is 1. The van der Waals surface area contributed by atoms with Crippen molar-refractivity contribution in [1.29, 1.82) is 0 Å². The van der Waals surface area contributed by atoms with E-state index in [2.05, 4.69) is 0 Å². The molecular formula is C7H10Cl2O3. The minimum atomic E-state index is -0.891. The summed E-state index contributed by atoms with van der Waals surface area (Å²) in [5.74, 6) is -1.41. The van der Waals surface area contributed by atoms with Crippen LogP contribution >= 0.6 is 23.2 Å². The zero-order valence-electron chi connectivity index (χ0n) is 6.28. The third-order valence-electron chi connectivity index (χ3n) is 2.11. The summed E-state index contributed by atoms with van der Waals surface area (Å²) in [5.41, 5.74) is 0. The van der Waals surface area contributed by atoms with Crippen molar-refractivity contribution in [1.82, 2.24) is 0 Å². The van der Waals surface area contributed by atoms with Crippen molar-refractivity contribution in [3.05, 3.63) is 0 Å². The first kappa shape index (κ1) is 10.1. The zero-order chi connectivity index (χ0) is 9.30. The fourth-order valence-corrected chi connectivity index (χ4v) is 2.20. The summed E-state index contributed by atoms with van der Waals surface area (Å²) < 4.78 is 0. The maximum atomic E-state index is 10.6. The van der Waals surface area contributed by atoms with E-state index in [9.17, 15) is 9.90 Å². The van der Waals surface area contributed by atoms with Gasteiger partial charge in [0.15, 0.2) is 0 Å². The summed E-state index contributed by atoms with van der Waals surface area (Å²) >= 11 is 11.4. The Morgan fingerprint density at radius 1 is 1.25 bits per heavy atom. The number of aliphatic hydroxyl groups is 1. The van der Waals surface area contributed by atoms with Gasteiger partial charge in [-0.3, -0.25) is 4.79 Å². The van der Waals surface area contributed by atoms with Crippen molar-refractivity contribution in [2.24, 2.45) is 5.92 Å². The zero-order valence-corrected chi connectivity index (χ0v) is 7.79. The fraction of sp³-hybridized carbons (Fsp3) is 0.857. The number of aliphatic hydroxyl groups excluding tert-OH is 1. The Kier molecular flexibility index (Phi) is 3.21. The molecule has 3 nitrogen and oxygen atoms in total. The topological polar surface area (TPSA) is 57.5 Å². The molecule has 2 N–H and O–H groups in total. The van der Waals surface area contributed by atoms with Gasteiger partial charge in [0.05, 0.1) is 22.8 Å². The molecule has 0 bridgehead atoms. The van der Waals surface area contributed by atoms with Crippen LogP contribution in [-0.4, -0.2) is 33.0 Å². The van der Waals surface area contributed by atoms with Crippen molar-refractivity contribution < 1.29 is 15.0 Å². The first-order chi connectivity index (χ1) is 5.52. The number of hydrogen-bond donors (Lipinski definition) is 2. The predicted molar refractivity (Wildman–Crippen MR) is 45.6 cm³/mol. The lowest BCUT2D eigenvalue weighted by Crippen LogP contribution is -2.41. The highest BCUT2D eigenvalue weighted by Gasteiger charge is 2.37. The van der Waals surface area contributed by atoms with Crippen molar-refractivity contribution in [3.8, 4) is 0 Å². The van der Waals surface area contributed by atoms with E-state index in [1.165, 1.54) is 0 Å². The Bertz CT molecular complexity index is 173. The van der Waals surface area contributed by atoms with Crippen molar-refractivity contribution in [2.75, 3.05) is 0 Å². The number of alkyl halides is 2. The van der Waals surface area contributed by atoms with Crippen LogP contribution in [-0.2, 0) is 4.79 Å². The minimum absolute atomic E-state index is 0.293. The van der Waals surface area contributed by atoms with Crippen LogP contribution in [0.15, 0.2) is 0 Å². The highest BCUT2D eigenvalue weighted by molar-refractivity contribution is 6.24. The Labute approximate surface area is 80.3 Å². The first-order valence-electron chi connectivity index (χ1n) is 3.71. The van der Waals surface area contributed by atoms with Crippen LogP contribution in [0.3, 0.4) is 0 Å². The van der Waals surface area contributed by atoms with Crippen LogP contribution in [0.25, 0.3) is 0 Å². The number of carbonyl (C=O) groups is 1. The molecule has 0 spiro atoms. The highest BCUT2D eigenvalue weighted by atomic mass is 35.5. The molecule has 0 amide bonds. The van der Waals surface area contributed by atoms with Crippen LogP contribution in [0.1, 0.15) is 12.8 Å².